The van der Waals surface area contributed by atoms with Gasteiger partial charge in [-0.2, -0.15) is 0 Å². The molecule has 4 nitrogen and oxygen atoms in total. The van der Waals surface area contributed by atoms with Gasteiger partial charge in [0.2, 0.25) is 5.91 Å². The van der Waals surface area contributed by atoms with Crippen LogP contribution < -0.4 is 10.1 Å². The largest absolute Gasteiger partial charge is 0.494 e. The molecule has 0 unspecified atom stereocenters. The van der Waals surface area contributed by atoms with Crippen molar-refractivity contribution in [1.82, 2.24) is 5.32 Å². The van der Waals surface area contributed by atoms with E-state index < -0.39 is 5.41 Å². The Morgan fingerprint density at radius 2 is 1.93 bits per heavy atom. The number of benzene rings is 2. The van der Waals surface area contributed by atoms with Crippen molar-refractivity contribution in [2.45, 2.75) is 31.6 Å². The van der Waals surface area contributed by atoms with Crippen LogP contribution in [0, 0.1) is 6.92 Å². The first-order valence-electron chi connectivity index (χ1n) is 9.42. The third-order valence-electron chi connectivity index (χ3n) is 5.04. The van der Waals surface area contributed by atoms with Crippen LogP contribution in [0.5, 0.6) is 5.75 Å². The Morgan fingerprint density at radius 1 is 1.19 bits per heavy atom. The lowest BCUT2D eigenvalue weighted by Crippen LogP contribution is -2.48. The number of rotatable bonds is 7. The molecule has 1 aliphatic rings. The molecule has 144 valence electrons. The minimum absolute atomic E-state index is 0.0867. The van der Waals surface area contributed by atoms with Crippen LogP contribution in [-0.2, 0) is 14.9 Å². The number of hydrogen-bond acceptors (Lipinski definition) is 3. The van der Waals surface area contributed by atoms with Gasteiger partial charge in [0.25, 0.3) is 0 Å². The molecule has 1 saturated heterocycles. The van der Waals surface area contributed by atoms with Gasteiger partial charge >= 0.3 is 0 Å². The lowest BCUT2D eigenvalue weighted by molar-refractivity contribution is -0.130. The molecule has 3 rings (SSSR count). The standard InChI is InChI=1S/C22H26BrNO3/c1-17-4-2-5-20(16-17)27-13-3-12-24-21(25)22(10-14-26-15-11-22)18-6-8-19(23)9-7-18/h2,4-9,16H,3,10-15H2,1H3,(H,24,25). The summed E-state index contributed by atoms with van der Waals surface area (Å²) in [6, 6.07) is 16.1. The summed E-state index contributed by atoms with van der Waals surface area (Å²) in [5, 5.41) is 3.12. The molecule has 0 saturated carbocycles. The van der Waals surface area contributed by atoms with Crippen molar-refractivity contribution < 1.29 is 14.3 Å². The van der Waals surface area contributed by atoms with Crippen molar-refractivity contribution >= 4 is 21.8 Å². The third kappa shape index (κ3) is 5.11. The molecule has 2 aromatic carbocycles. The minimum Gasteiger partial charge on any atom is -0.494 e. The van der Waals surface area contributed by atoms with E-state index in [-0.39, 0.29) is 5.91 Å². The molecule has 1 N–H and O–H groups in total. The fourth-order valence-corrected chi connectivity index (χ4v) is 3.74. The monoisotopic (exact) mass is 431 g/mol. The van der Waals surface area contributed by atoms with Crippen LogP contribution in [0.2, 0.25) is 0 Å². The van der Waals surface area contributed by atoms with Gasteiger partial charge in [-0.3, -0.25) is 4.79 Å². The smallest absolute Gasteiger partial charge is 0.230 e. The molecule has 5 heteroatoms. The quantitative estimate of drug-likeness (QED) is 0.661. The van der Waals surface area contributed by atoms with E-state index in [0.29, 0.717) is 39.2 Å². The van der Waals surface area contributed by atoms with Gasteiger partial charge < -0.3 is 14.8 Å². The van der Waals surface area contributed by atoms with Crippen molar-refractivity contribution in [2.24, 2.45) is 0 Å². The van der Waals surface area contributed by atoms with Crippen LogP contribution in [0.1, 0.15) is 30.4 Å². The number of nitrogens with one attached hydrogen (secondary N) is 1. The molecule has 2 aromatic rings. The molecule has 0 spiro atoms. The number of hydrogen-bond donors (Lipinski definition) is 1. The Labute approximate surface area is 169 Å². The number of ether oxygens (including phenoxy) is 2. The maximum Gasteiger partial charge on any atom is 0.230 e. The maximum absolute atomic E-state index is 13.1. The number of carbonyl (C=O) groups is 1. The summed E-state index contributed by atoms with van der Waals surface area (Å²) in [6.45, 7) is 4.45. The van der Waals surface area contributed by atoms with E-state index >= 15 is 0 Å². The predicted molar refractivity (Wildman–Crippen MR) is 110 cm³/mol. The molecule has 0 aromatic heterocycles. The van der Waals surface area contributed by atoms with Crippen molar-refractivity contribution in [2.75, 3.05) is 26.4 Å². The Hall–Kier alpha value is -1.85. The van der Waals surface area contributed by atoms with Crippen LogP contribution >= 0.6 is 15.9 Å². The van der Waals surface area contributed by atoms with Crippen LogP contribution in [-0.4, -0.2) is 32.3 Å². The topological polar surface area (TPSA) is 47.6 Å². The number of carbonyl (C=O) groups excluding carboxylic acids is 1. The fourth-order valence-electron chi connectivity index (χ4n) is 3.47. The highest BCUT2D eigenvalue weighted by atomic mass is 79.9. The number of aryl methyl sites for hydroxylation is 1. The van der Waals surface area contributed by atoms with Gasteiger partial charge in [-0.1, -0.05) is 40.2 Å². The van der Waals surface area contributed by atoms with E-state index in [9.17, 15) is 4.79 Å². The first-order chi connectivity index (χ1) is 13.1. The lowest BCUT2D eigenvalue weighted by Gasteiger charge is -2.36. The highest BCUT2D eigenvalue weighted by Crippen LogP contribution is 2.35. The van der Waals surface area contributed by atoms with E-state index in [2.05, 4.69) is 21.2 Å². The van der Waals surface area contributed by atoms with Gasteiger partial charge in [-0.15, -0.1) is 0 Å². The van der Waals surface area contributed by atoms with Crippen molar-refractivity contribution in [1.29, 1.82) is 0 Å². The van der Waals surface area contributed by atoms with Crippen LogP contribution in [0.25, 0.3) is 0 Å². The molecule has 1 fully saturated rings. The van der Waals surface area contributed by atoms with Gasteiger partial charge in [0.15, 0.2) is 0 Å². The van der Waals surface area contributed by atoms with Gasteiger partial charge in [0, 0.05) is 24.2 Å². The van der Waals surface area contributed by atoms with Crippen molar-refractivity contribution in [3.05, 3.63) is 64.1 Å². The molecular formula is C22H26BrNO3. The first kappa shape index (κ1) is 19.9. The van der Waals surface area contributed by atoms with Crippen molar-refractivity contribution in [3.8, 4) is 5.75 Å². The minimum atomic E-state index is -0.504. The van der Waals surface area contributed by atoms with Crippen molar-refractivity contribution in [3.63, 3.8) is 0 Å². The summed E-state index contributed by atoms with van der Waals surface area (Å²) in [5.41, 5.74) is 1.73. The van der Waals surface area contributed by atoms with Gasteiger partial charge in [0.05, 0.1) is 12.0 Å². The van der Waals surface area contributed by atoms with E-state index in [1.54, 1.807) is 0 Å². The second-order valence-corrected chi connectivity index (χ2v) is 7.89. The maximum atomic E-state index is 13.1. The second-order valence-electron chi connectivity index (χ2n) is 6.98. The summed E-state index contributed by atoms with van der Waals surface area (Å²) in [4.78, 5) is 13.1. The zero-order valence-electron chi connectivity index (χ0n) is 15.7. The molecular weight excluding hydrogens is 406 g/mol. The SMILES string of the molecule is Cc1cccc(OCCCNC(=O)C2(c3ccc(Br)cc3)CCOCC2)c1. The van der Waals surface area contributed by atoms with Crippen LogP contribution in [0.4, 0.5) is 0 Å². The second kappa shape index (κ2) is 9.38. The third-order valence-corrected chi connectivity index (χ3v) is 5.57. The lowest BCUT2D eigenvalue weighted by atomic mass is 9.73. The molecule has 0 radical (unpaired) electrons. The van der Waals surface area contributed by atoms with Gasteiger partial charge in [-0.05, 0) is 61.6 Å². The van der Waals surface area contributed by atoms with E-state index in [1.807, 2.05) is 55.5 Å². The average molecular weight is 432 g/mol. The number of halogens is 1. The first-order valence-corrected chi connectivity index (χ1v) is 10.2. The molecule has 1 aliphatic heterocycles. The highest BCUT2D eigenvalue weighted by molar-refractivity contribution is 9.10. The molecule has 27 heavy (non-hydrogen) atoms. The van der Waals surface area contributed by atoms with Crippen LogP contribution in [0.3, 0.4) is 0 Å². The predicted octanol–water partition coefficient (Wildman–Crippen LogP) is 4.39. The fraction of sp³-hybridized carbons (Fsp3) is 0.409. The van der Waals surface area contributed by atoms with E-state index in [1.165, 1.54) is 5.56 Å². The Morgan fingerprint density at radius 3 is 2.63 bits per heavy atom. The Balaban J connectivity index is 1.54. The van der Waals surface area contributed by atoms with Gasteiger partial charge in [0.1, 0.15) is 5.75 Å². The normalized spacial score (nSPS) is 15.9. The molecule has 1 heterocycles. The van der Waals surface area contributed by atoms with Crippen LogP contribution in [0.15, 0.2) is 53.0 Å². The summed E-state index contributed by atoms with van der Waals surface area (Å²) < 4.78 is 12.3. The molecule has 0 bridgehead atoms. The van der Waals surface area contributed by atoms with E-state index in [0.717, 1.165) is 22.2 Å². The molecule has 0 aliphatic carbocycles. The molecule has 1 amide bonds. The van der Waals surface area contributed by atoms with Gasteiger partial charge in [-0.25, -0.2) is 0 Å². The molecule has 0 atom stereocenters. The average Bonchev–Trinajstić information content (AvgIpc) is 2.68. The Bertz CT molecular complexity index is 754. The summed E-state index contributed by atoms with van der Waals surface area (Å²) in [6.07, 6.45) is 2.19. The highest BCUT2D eigenvalue weighted by Gasteiger charge is 2.41. The summed E-state index contributed by atoms with van der Waals surface area (Å²) in [5.74, 6) is 0.959. The zero-order valence-corrected chi connectivity index (χ0v) is 17.3. The zero-order chi connectivity index (χ0) is 19.1. The number of amides is 1. The Kier molecular flexibility index (Phi) is 6.91. The summed E-state index contributed by atoms with van der Waals surface area (Å²) in [7, 11) is 0. The summed E-state index contributed by atoms with van der Waals surface area (Å²) >= 11 is 3.47. The van der Waals surface area contributed by atoms with E-state index in [4.69, 9.17) is 9.47 Å².